The fourth-order valence-corrected chi connectivity index (χ4v) is 3.76. The second kappa shape index (κ2) is 5.43. The first-order valence-corrected chi connectivity index (χ1v) is 7.88. The summed E-state index contributed by atoms with van der Waals surface area (Å²) < 4.78 is 52.0. The average Bonchev–Trinajstić information content (AvgIpc) is 2.84. The van der Waals surface area contributed by atoms with Crippen molar-refractivity contribution < 1.29 is 17.2 Å². The fraction of sp³-hybridized carbons (Fsp3) is 0. The van der Waals surface area contributed by atoms with Crippen LogP contribution in [0.3, 0.4) is 0 Å². The van der Waals surface area contributed by atoms with Crippen LogP contribution in [0.15, 0.2) is 34.5 Å². The number of sulfonamides is 1. The van der Waals surface area contributed by atoms with E-state index in [-0.39, 0.29) is 14.9 Å². The summed E-state index contributed by atoms with van der Waals surface area (Å²) in [6.07, 6.45) is 0. The van der Waals surface area contributed by atoms with Gasteiger partial charge in [-0.15, -0.1) is 11.3 Å². The number of benzene rings is 1. The molecule has 0 unspecified atom stereocenters. The lowest BCUT2D eigenvalue weighted by atomic mass is 10.3. The molecule has 2 aromatic rings. The average molecular weight is 334 g/mol. The van der Waals surface area contributed by atoms with Crippen LogP contribution in [-0.2, 0) is 10.0 Å². The maximum atomic E-state index is 13.0. The first kappa shape index (κ1) is 14.8. The second-order valence-electron chi connectivity index (χ2n) is 3.72. The molecule has 0 saturated heterocycles. The van der Waals surface area contributed by atoms with E-state index in [2.05, 4.69) is 4.72 Å². The summed E-state index contributed by atoms with van der Waals surface area (Å²) in [5, 5.41) is 0. The van der Waals surface area contributed by atoms with Gasteiger partial charge in [-0.05, 0) is 24.3 Å². The van der Waals surface area contributed by atoms with Crippen molar-refractivity contribution in [3.8, 4) is 0 Å². The Morgan fingerprint density at radius 2 is 1.90 bits per heavy atom. The number of nitrogens with one attached hydrogen (secondary N) is 1. The maximum absolute atomic E-state index is 13.0. The second-order valence-corrected chi connectivity index (χ2v) is 7.15. The first-order valence-electron chi connectivity index (χ1n) is 5.17. The lowest BCUT2D eigenvalue weighted by Crippen LogP contribution is -2.12. The highest BCUT2D eigenvalue weighted by molar-refractivity contribution is 7.94. The van der Waals surface area contributed by atoms with E-state index in [0.717, 1.165) is 29.5 Å². The van der Waals surface area contributed by atoms with Gasteiger partial charge in [0.15, 0.2) is 11.6 Å². The van der Waals surface area contributed by atoms with Crippen LogP contribution in [-0.4, -0.2) is 13.4 Å². The van der Waals surface area contributed by atoms with Gasteiger partial charge in [-0.2, -0.15) is 0 Å². The number of nitrogens with two attached hydrogens (primary N) is 1. The van der Waals surface area contributed by atoms with E-state index < -0.39 is 21.7 Å². The van der Waals surface area contributed by atoms with Crippen molar-refractivity contribution in [2.24, 2.45) is 5.73 Å². The SMILES string of the molecule is NC(=S)c1ccc(S(=O)(=O)Nc2ccc(F)c(F)c2)s1. The molecule has 0 spiro atoms. The molecule has 0 aliphatic heterocycles. The van der Waals surface area contributed by atoms with Gasteiger partial charge in [0.2, 0.25) is 0 Å². The van der Waals surface area contributed by atoms with Crippen LogP contribution in [0.1, 0.15) is 4.88 Å². The van der Waals surface area contributed by atoms with Gasteiger partial charge < -0.3 is 5.73 Å². The summed E-state index contributed by atoms with van der Waals surface area (Å²) in [6, 6.07) is 5.53. The maximum Gasteiger partial charge on any atom is 0.271 e. The Labute approximate surface area is 123 Å². The van der Waals surface area contributed by atoms with E-state index in [1.54, 1.807) is 0 Å². The molecule has 1 heterocycles. The highest BCUT2D eigenvalue weighted by atomic mass is 32.2. The third-order valence-electron chi connectivity index (χ3n) is 2.26. The van der Waals surface area contributed by atoms with Crippen LogP contribution < -0.4 is 10.5 Å². The largest absolute Gasteiger partial charge is 0.389 e. The van der Waals surface area contributed by atoms with E-state index in [4.69, 9.17) is 18.0 Å². The molecule has 106 valence electrons. The van der Waals surface area contributed by atoms with Gasteiger partial charge in [-0.3, -0.25) is 4.72 Å². The zero-order valence-electron chi connectivity index (χ0n) is 9.76. The van der Waals surface area contributed by atoms with Gasteiger partial charge in [0.25, 0.3) is 10.0 Å². The molecule has 0 radical (unpaired) electrons. The summed E-state index contributed by atoms with van der Waals surface area (Å²) >= 11 is 5.63. The van der Waals surface area contributed by atoms with Crippen molar-refractivity contribution in [3.05, 3.63) is 46.8 Å². The molecular weight excluding hydrogens is 326 g/mol. The molecule has 0 aliphatic carbocycles. The molecule has 0 amide bonds. The van der Waals surface area contributed by atoms with E-state index in [9.17, 15) is 17.2 Å². The van der Waals surface area contributed by atoms with Crippen LogP contribution in [0.4, 0.5) is 14.5 Å². The van der Waals surface area contributed by atoms with Crippen LogP contribution in [0.25, 0.3) is 0 Å². The molecule has 0 saturated carbocycles. The lowest BCUT2D eigenvalue weighted by Gasteiger charge is -2.06. The van der Waals surface area contributed by atoms with Crippen molar-refractivity contribution in [3.63, 3.8) is 0 Å². The van der Waals surface area contributed by atoms with Crippen molar-refractivity contribution in [1.82, 2.24) is 0 Å². The summed E-state index contributed by atoms with van der Waals surface area (Å²) in [7, 11) is -3.89. The number of thiocarbonyl (C=S) groups is 1. The highest BCUT2D eigenvalue weighted by Crippen LogP contribution is 2.24. The predicted molar refractivity (Wildman–Crippen MR) is 77.4 cm³/mol. The minimum atomic E-state index is -3.89. The van der Waals surface area contributed by atoms with Crippen LogP contribution in [0.5, 0.6) is 0 Å². The van der Waals surface area contributed by atoms with Gasteiger partial charge in [-0.1, -0.05) is 12.2 Å². The number of hydrogen-bond acceptors (Lipinski definition) is 4. The molecule has 0 fully saturated rings. The molecule has 0 atom stereocenters. The van der Waals surface area contributed by atoms with Gasteiger partial charge in [-0.25, -0.2) is 17.2 Å². The number of thiophene rings is 1. The van der Waals surface area contributed by atoms with Gasteiger partial charge >= 0.3 is 0 Å². The van der Waals surface area contributed by atoms with Crippen LogP contribution in [0, 0.1) is 11.6 Å². The highest BCUT2D eigenvalue weighted by Gasteiger charge is 2.18. The normalized spacial score (nSPS) is 11.3. The summed E-state index contributed by atoms with van der Waals surface area (Å²) in [6.45, 7) is 0. The van der Waals surface area contributed by atoms with Crippen molar-refractivity contribution in [2.45, 2.75) is 4.21 Å². The Kier molecular flexibility index (Phi) is 4.02. The van der Waals surface area contributed by atoms with Crippen LogP contribution in [0.2, 0.25) is 0 Å². The monoisotopic (exact) mass is 334 g/mol. The van der Waals surface area contributed by atoms with E-state index in [1.165, 1.54) is 12.1 Å². The topological polar surface area (TPSA) is 72.2 Å². The molecule has 0 bridgehead atoms. The first-order chi connectivity index (χ1) is 9.29. The number of hydrogen-bond donors (Lipinski definition) is 2. The quantitative estimate of drug-likeness (QED) is 0.843. The Balaban J connectivity index is 2.30. The zero-order chi connectivity index (χ0) is 14.9. The molecule has 2 rings (SSSR count). The number of anilines is 1. The summed E-state index contributed by atoms with van der Waals surface area (Å²) in [4.78, 5) is 0.537. The molecule has 1 aromatic heterocycles. The van der Waals surface area contributed by atoms with Gasteiger partial charge in [0.1, 0.15) is 9.20 Å². The van der Waals surface area contributed by atoms with Crippen molar-refractivity contribution in [1.29, 1.82) is 0 Å². The van der Waals surface area contributed by atoms with E-state index in [0.29, 0.717) is 4.88 Å². The minimum absolute atomic E-state index is 0.0231. The smallest absolute Gasteiger partial charge is 0.271 e. The third-order valence-corrected chi connectivity index (χ3v) is 5.60. The molecule has 3 N–H and O–H groups in total. The molecule has 9 heteroatoms. The number of rotatable bonds is 4. The third kappa shape index (κ3) is 3.11. The van der Waals surface area contributed by atoms with Crippen molar-refractivity contribution in [2.75, 3.05) is 4.72 Å². The molecule has 1 aromatic carbocycles. The zero-order valence-corrected chi connectivity index (χ0v) is 12.2. The molecule has 0 aliphatic rings. The van der Waals surface area contributed by atoms with E-state index >= 15 is 0 Å². The van der Waals surface area contributed by atoms with Gasteiger partial charge in [0, 0.05) is 6.07 Å². The summed E-state index contributed by atoms with van der Waals surface area (Å²) in [5.74, 6) is -2.19. The Morgan fingerprint density at radius 1 is 1.20 bits per heavy atom. The molecular formula is C11H8F2N2O2S3. The molecule has 20 heavy (non-hydrogen) atoms. The predicted octanol–water partition coefficient (Wildman–Crippen LogP) is 2.46. The molecule has 4 nitrogen and oxygen atoms in total. The standard InChI is InChI=1S/C11H8F2N2O2S3/c12-7-2-1-6(5-8(7)13)15-20(16,17)10-4-3-9(19-10)11(14)18/h1-5,15H,(H2,14,18). The van der Waals surface area contributed by atoms with Crippen molar-refractivity contribution >= 4 is 44.3 Å². The fourth-order valence-electron chi connectivity index (χ4n) is 1.36. The lowest BCUT2D eigenvalue weighted by molar-refractivity contribution is 0.509. The number of halogens is 2. The Bertz CT molecular complexity index is 772. The Hall–Kier alpha value is -1.58. The van der Waals surface area contributed by atoms with Gasteiger partial charge in [0.05, 0.1) is 10.6 Å². The minimum Gasteiger partial charge on any atom is -0.389 e. The van der Waals surface area contributed by atoms with E-state index in [1.807, 2.05) is 0 Å². The Morgan fingerprint density at radius 3 is 2.45 bits per heavy atom. The van der Waals surface area contributed by atoms with Crippen LogP contribution >= 0.6 is 23.6 Å². The summed E-state index contributed by atoms with van der Waals surface area (Å²) in [5.41, 5.74) is 5.32.